The standard InChI is InChI=1S/C12H19N3O2/c1-9(15(2)12(16)14-13)8-10-6-4-5-7-11(10)17-3/h4-7,9H,8,13H2,1-3H3,(H,14,16). The van der Waals surface area contributed by atoms with Crippen molar-refractivity contribution >= 4 is 6.03 Å². The second kappa shape index (κ2) is 6.10. The molecule has 0 bridgehead atoms. The topological polar surface area (TPSA) is 67.6 Å². The number of rotatable bonds is 4. The third kappa shape index (κ3) is 3.35. The number of nitrogens with zero attached hydrogens (tertiary/aromatic N) is 1. The number of para-hydroxylation sites is 1. The lowest BCUT2D eigenvalue weighted by Crippen LogP contribution is -2.45. The van der Waals surface area contributed by atoms with Gasteiger partial charge in [0.25, 0.3) is 0 Å². The number of ether oxygens (including phenoxy) is 1. The molecule has 0 radical (unpaired) electrons. The highest BCUT2D eigenvalue weighted by Gasteiger charge is 2.16. The van der Waals surface area contributed by atoms with Gasteiger partial charge in [-0.2, -0.15) is 0 Å². The Hall–Kier alpha value is -1.75. The molecular weight excluding hydrogens is 218 g/mol. The fraction of sp³-hybridized carbons (Fsp3) is 0.417. The lowest BCUT2D eigenvalue weighted by atomic mass is 10.1. The summed E-state index contributed by atoms with van der Waals surface area (Å²) in [5.74, 6) is 5.93. The third-order valence-electron chi connectivity index (χ3n) is 2.81. The largest absolute Gasteiger partial charge is 0.496 e. The smallest absolute Gasteiger partial charge is 0.331 e. The molecule has 0 saturated heterocycles. The van der Waals surface area contributed by atoms with Crippen LogP contribution in [0.5, 0.6) is 5.75 Å². The Bertz CT molecular complexity index is 382. The van der Waals surface area contributed by atoms with Crippen LogP contribution in [0.15, 0.2) is 24.3 Å². The van der Waals surface area contributed by atoms with Crippen LogP contribution < -0.4 is 16.0 Å². The van der Waals surface area contributed by atoms with E-state index in [-0.39, 0.29) is 12.1 Å². The number of nitrogens with two attached hydrogens (primary N) is 1. The Morgan fingerprint density at radius 1 is 1.53 bits per heavy atom. The Morgan fingerprint density at radius 2 is 2.18 bits per heavy atom. The molecule has 0 saturated carbocycles. The molecule has 3 N–H and O–H groups in total. The minimum atomic E-state index is -0.299. The van der Waals surface area contributed by atoms with Gasteiger partial charge in [-0.15, -0.1) is 0 Å². The molecule has 0 heterocycles. The van der Waals surface area contributed by atoms with Crippen LogP contribution in [0, 0.1) is 0 Å². The number of likely N-dealkylation sites (N-methyl/N-ethyl adjacent to an activating group) is 1. The SMILES string of the molecule is COc1ccccc1CC(C)N(C)C(=O)NN. The normalized spacial score (nSPS) is 11.8. The summed E-state index contributed by atoms with van der Waals surface area (Å²) in [5, 5.41) is 0. The first kappa shape index (κ1) is 13.3. The number of hydrazine groups is 1. The highest BCUT2D eigenvalue weighted by atomic mass is 16.5. The van der Waals surface area contributed by atoms with E-state index < -0.39 is 0 Å². The van der Waals surface area contributed by atoms with Crippen molar-refractivity contribution < 1.29 is 9.53 Å². The molecule has 2 amide bonds. The maximum Gasteiger partial charge on any atom is 0.331 e. The van der Waals surface area contributed by atoms with E-state index in [9.17, 15) is 4.79 Å². The Kier molecular flexibility index (Phi) is 4.78. The third-order valence-corrected chi connectivity index (χ3v) is 2.81. The summed E-state index contributed by atoms with van der Waals surface area (Å²) >= 11 is 0. The molecule has 0 aromatic heterocycles. The lowest BCUT2D eigenvalue weighted by molar-refractivity contribution is 0.193. The number of carbonyl (C=O) groups excluding carboxylic acids is 1. The van der Waals surface area contributed by atoms with E-state index in [1.165, 1.54) is 0 Å². The molecule has 0 spiro atoms. The van der Waals surface area contributed by atoms with Crippen LogP contribution in [0.1, 0.15) is 12.5 Å². The Labute approximate surface area is 102 Å². The molecule has 1 aromatic carbocycles. The predicted molar refractivity (Wildman–Crippen MR) is 66.6 cm³/mol. The Balaban J connectivity index is 2.73. The van der Waals surface area contributed by atoms with Crippen molar-refractivity contribution in [3.05, 3.63) is 29.8 Å². The quantitative estimate of drug-likeness (QED) is 0.469. The zero-order valence-corrected chi connectivity index (χ0v) is 10.4. The van der Waals surface area contributed by atoms with E-state index in [1.807, 2.05) is 31.2 Å². The van der Waals surface area contributed by atoms with Crippen LogP contribution in [-0.2, 0) is 6.42 Å². The summed E-state index contributed by atoms with van der Waals surface area (Å²) in [5.41, 5.74) is 3.18. The van der Waals surface area contributed by atoms with Gasteiger partial charge in [-0.3, -0.25) is 5.43 Å². The number of carbonyl (C=O) groups is 1. The number of benzene rings is 1. The highest BCUT2D eigenvalue weighted by molar-refractivity contribution is 5.73. The van der Waals surface area contributed by atoms with Crippen LogP contribution in [0.25, 0.3) is 0 Å². The van der Waals surface area contributed by atoms with Gasteiger partial charge < -0.3 is 9.64 Å². The van der Waals surface area contributed by atoms with Crippen molar-refractivity contribution in [2.45, 2.75) is 19.4 Å². The number of nitrogens with one attached hydrogen (secondary N) is 1. The van der Waals surface area contributed by atoms with Crippen LogP contribution in [0.3, 0.4) is 0 Å². The molecule has 94 valence electrons. The first-order valence-electron chi connectivity index (χ1n) is 5.45. The zero-order chi connectivity index (χ0) is 12.8. The molecule has 1 rings (SSSR count). The van der Waals surface area contributed by atoms with Crippen molar-refractivity contribution in [3.8, 4) is 5.75 Å². The van der Waals surface area contributed by atoms with Crippen LogP contribution in [-0.4, -0.2) is 31.1 Å². The fourth-order valence-corrected chi connectivity index (χ4v) is 1.63. The summed E-state index contributed by atoms with van der Waals surface area (Å²) < 4.78 is 5.27. The average Bonchev–Trinajstić information content (AvgIpc) is 2.37. The second-order valence-corrected chi connectivity index (χ2v) is 3.93. The fourth-order valence-electron chi connectivity index (χ4n) is 1.63. The predicted octanol–water partition coefficient (Wildman–Crippen LogP) is 1.14. The molecule has 0 fully saturated rings. The number of hydrogen-bond acceptors (Lipinski definition) is 3. The molecule has 1 aromatic rings. The van der Waals surface area contributed by atoms with E-state index in [2.05, 4.69) is 5.43 Å². The summed E-state index contributed by atoms with van der Waals surface area (Å²) in [6, 6.07) is 7.51. The minimum Gasteiger partial charge on any atom is -0.496 e. The van der Waals surface area contributed by atoms with Crippen molar-refractivity contribution in [3.63, 3.8) is 0 Å². The minimum absolute atomic E-state index is 0.0369. The molecule has 17 heavy (non-hydrogen) atoms. The molecular formula is C12H19N3O2. The van der Waals surface area contributed by atoms with Gasteiger partial charge in [0.15, 0.2) is 0 Å². The van der Waals surface area contributed by atoms with E-state index >= 15 is 0 Å². The van der Waals surface area contributed by atoms with Crippen molar-refractivity contribution in [1.82, 2.24) is 10.3 Å². The first-order chi connectivity index (χ1) is 8.10. The van der Waals surface area contributed by atoms with Crippen molar-refractivity contribution in [1.29, 1.82) is 0 Å². The maximum atomic E-state index is 11.4. The van der Waals surface area contributed by atoms with Gasteiger partial charge in [-0.05, 0) is 25.0 Å². The van der Waals surface area contributed by atoms with E-state index in [1.54, 1.807) is 19.1 Å². The summed E-state index contributed by atoms with van der Waals surface area (Å²) in [6.45, 7) is 1.96. The van der Waals surface area contributed by atoms with Crippen molar-refractivity contribution in [2.75, 3.05) is 14.2 Å². The zero-order valence-electron chi connectivity index (χ0n) is 10.4. The van der Waals surface area contributed by atoms with E-state index in [0.29, 0.717) is 6.42 Å². The molecule has 0 aliphatic rings. The summed E-state index contributed by atoms with van der Waals surface area (Å²) in [6.07, 6.45) is 0.716. The van der Waals surface area contributed by atoms with Gasteiger partial charge in [0.1, 0.15) is 5.75 Å². The second-order valence-electron chi connectivity index (χ2n) is 3.93. The highest BCUT2D eigenvalue weighted by Crippen LogP contribution is 2.20. The van der Waals surface area contributed by atoms with Gasteiger partial charge in [-0.1, -0.05) is 18.2 Å². The van der Waals surface area contributed by atoms with Gasteiger partial charge in [-0.25, -0.2) is 10.6 Å². The molecule has 1 unspecified atom stereocenters. The van der Waals surface area contributed by atoms with E-state index in [4.69, 9.17) is 10.6 Å². The van der Waals surface area contributed by atoms with Gasteiger partial charge in [0, 0.05) is 13.1 Å². The van der Waals surface area contributed by atoms with Crippen molar-refractivity contribution in [2.24, 2.45) is 5.84 Å². The Morgan fingerprint density at radius 3 is 2.76 bits per heavy atom. The number of urea groups is 1. The number of methoxy groups -OCH3 is 1. The van der Waals surface area contributed by atoms with Crippen LogP contribution in [0.2, 0.25) is 0 Å². The molecule has 0 aliphatic carbocycles. The van der Waals surface area contributed by atoms with Gasteiger partial charge >= 0.3 is 6.03 Å². The summed E-state index contributed by atoms with van der Waals surface area (Å²) in [7, 11) is 3.35. The van der Waals surface area contributed by atoms with Crippen LogP contribution in [0.4, 0.5) is 4.79 Å². The average molecular weight is 237 g/mol. The monoisotopic (exact) mass is 237 g/mol. The van der Waals surface area contributed by atoms with E-state index in [0.717, 1.165) is 11.3 Å². The molecule has 1 atom stereocenters. The summed E-state index contributed by atoms with van der Waals surface area (Å²) in [4.78, 5) is 12.9. The maximum absolute atomic E-state index is 11.4. The molecule has 0 aliphatic heterocycles. The number of amides is 2. The van der Waals surface area contributed by atoms with Gasteiger partial charge in [0.2, 0.25) is 0 Å². The number of hydrogen-bond donors (Lipinski definition) is 2. The molecule has 5 heteroatoms. The van der Waals surface area contributed by atoms with Crippen LogP contribution >= 0.6 is 0 Å². The molecule has 5 nitrogen and oxygen atoms in total. The lowest BCUT2D eigenvalue weighted by Gasteiger charge is -2.24. The van der Waals surface area contributed by atoms with Gasteiger partial charge in [0.05, 0.1) is 7.11 Å². The first-order valence-corrected chi connectivity index (χ1v) is 5.45.